The molecule has 3 aromatic carbocycles. The van der Waals surface area contributed by atoms with E-state index < -0.39 is 33.2 Å². The molecule has 0 saturated heterocycles. The Hall–Kier alpha value is -5.42. The topological polar surface area (TPSA) is 210 Å². The van der Waals surface area contributed by atoms with Gasteiger partial charge in [-0.2, -0.15) is 5.11 Å². The molecule has 0 heterocycles. The summed E-state index contributed by atoms with van der Waals surface area (Å²) in [5, 5.41) is 41.2. The van der Waals surface area contributed by atoms with E-state index in [2.05, 4.69) is 48.2 Å². The summed E-state index contributed by atoms with van der Waals surface area (Å²) >= 11 is 11.4. The zero-order chi connectivity index (χ0) is 46.9. The van der Waals surface area contributed by atoms with Crippen LogP contribution in [0.5, 0.6) is 11.5 Å². The molecule has 0 spiro atoms. The zero-order valence-corrected chi connectivity index (χ0v) is 39.0. The molecule has 0 aliphatic heterocycles. The van der Waals surface area contributed by atoms with Crippen molar-refractivity contribution >= 4 is 75.0 Å². The Labute approximate surface area is 385 Å². The fourth-order valence-corrected chi connectivity index (χ4v) is 6.67. The monoisotopic (exact) mass is 929 g/mol. The first-order valence-corrected chi connectivity index (χ1v) is 22.9. The number of ether oxygens (including phenoxy) is 4. The van der Waals surface area contributed by atoms with Crippen LogP contribution in [0.3, 0.4) is 0 Å². The maximum atomic E-state index is 12.0. The molecule has 3 rings (SSSR count). The first-order valence-electron chi connectivity index (χ1n) is 21.9. The van der Waals surface area contributed by atoms with Gasteiger partial charge in [-0.05, 0) is 61.4 Å². The van der Waals surface area contributed by atoms with Crippen molar-refractivity contribution in [2.24, 2.45) is 32.3 Å². The molecule has 0 fully saturated rings. The SMILES string of the molecule is CCCCC(CC)COc1cc(/N=N/c2ccc([N+](=O)[O-])cc2[N+](=O)[O-])c(OCC(CC)CCCC)cc1/N=N/c1ccc(N(CCOC(=O)CCCl)CCOC(=O)CCCl)cc1C. The number of nitro benzene ring substituents is 2. The van der Waals surface area contributed by atoms with Crippen molar-refractivity contribution in [3.63, 3.8) is 0 Å². The molecule has 0 saturated carbocycles. The van der Waals surface area contributed by atoms with Crippen LogP contribution in [-0.4, -0.2) is 73.1 Å². The van der Waals surface area contributed by atoms with Gasteiger partial charge in [-0.15, -0.1) is 38.5 Å². The second kappa shape index (κ2) is 29.1. The number of hydrogen-bond donors (Lipinski definition) is 0. The Kier molecular flexibility index (Phi) is 24.1. The van der Waals surface area contributed by atoms with Crippen LogP contribution in [0.25, 0.3) is 0 Å². The minimum atomic E-state index is -0.744. The molecule has 0 aromatic heterocycles. The Morgan fingerprint density at radius 3 is 1.59 bits per heavy atom. The summed E-state index contributed by atoms with van der Waals surface area (Å²) in [6.07, 6.45) is 8.00. The number of non-ortho nitro benzene ring substituents is 1. The number of nitro groups is 2. The van der Waals surface area contributed by atoms with Crippen LogP contribution in [0.1, 0.15) is 97.5 Å². The molecule has 3 aromatic rings. The molecule has 0 amide bonds. The Balaban J connectivity index is 2.11. The van der Waals surface area contributed by atoms with E-state index in [0.717, 1.165) is 74.8 Å². The first-order chi connectivity index (χ1) is 30.9. The number of carbonyl (C=O) groups is 2. The number of hydrogen-bond acceptors (Lipinski definition) is 15. The van der Waals surface area contributed by atoms with Crippen LogP contribution in [-0.2, 0) is 19.1 Å². The molecular formula is C45H61Cl2N7O10. The Bertz CT molecular complexity index is 2010. The molecule has 64 heavy (non-hydrogen) atoms. The Morgan fingerprint density at radius 2 is 1.16 bits per heavy atom. The maximum absolute atomic E-state index is 12.0. The summed E-state index contributed by atoms with van der Waals surface area (Å²) in [4.78, 5) is 47.8. The normalized spacial score (nSPS) is 12.3. The van der Waals surface area contributed by atoms with Crippen molar-refractivity contribution in [3.05, 3.63) is 74.3 Å². The van der Waals surface area contributed by atoms with Crippen molar-refractivity contribution in [1.29, 1.82) is 0 Å². The lowest BCUT2D eigenvalue weighted by Gasteiger charge is -2.25. The van der Waals surface area contributed by atoms with Gasteiger partial charge in [0.1, 0.15) is 36.1 Å². The second-order valence-corrected chi connectivity index (χ2v) is 15.9. The van der Waals surface area contributed by atoms with Crippen molar-refractivity contribution in [2.75, 3.05) is 56.2 Å². The lowest BCUT2D eigenvalue weighted by Crippen LogP contribution is -2.32. The number of esters is 2. The molecule has 350 valence electrons. The number of aryl methyl sites for hydroxylation is 1. The molecule has 0 N–H and O–H groups in total. The van der Waals surface area contributed by atoms with Crippen LogP contribution in [0.2, 0.25) is 0 Å². The number of carbonyl (C=O) groups excluding carboxylic acids is 2. The minimum Gasteiger partial charge on any atom is -0.491 e. The van der Waals surface area contributed by atoms with Gasteiger partial charge in [0, 0.05) is 35.6 Å². The van der Waals surface area contributed by atoms with Gasteiger partial charge >= 0.3 is 17.6 Å². The molecule has 2 atom stereocenters. The van der Waals surface area contributed by atoms with Crippen LogP contribution in [0, 0.1) is 39.0 Å². The van der Waals surface area contributed by atoms with E-state index in [-0.39, 0.29) is 61.0 Å². The van der Waals surface area contributed by atoms with Crippen LogP contribution in [0.15, 0.2) is 69.0 Å². The van der Waals surface area contributed by atoms with Crippen LogP contribution >= 0.6 is 23.2 Å². The van der Waals surface area contributed by atoms with Gasteiger partial charge in [-0.25, -0.2) is 0 Å². The highest BCUT2D eigenvalue weighted by molar-refractivity contribution is 6.19. The predicted octanol–water partition coefficient (Wildman–Crippen LogP) is 13.0. The number of nitrogens with zero attached hydrogens (tertiary/aromatic N) is 7. The maximum Gasteiger partial charge on any atom is 0.307 e. The molecule has 17 nitrogen and oxygen atoms in total. The summed E-state index contributed by atoms with van der Waals surface area (Å²) in [6.45, 7) is 11.9. The number of anilines is 1. The average molecular weight is 931 g/mol. The molecular weight excluding hydrogens is 869 g/mol. The van der Waals surface area contributed by atoms with Crippen molar-refractivity contribution in [2.45, 2.75) is 98.8 Å². The summed E-state index contributed by atoms with van der Waals surface area (Å²) in [5.74, 6) is 0.602. The Morgan fingerprint density at radius 1 is 0.672 bits per heavy atom. The number of azo groups is 2. The number of unbranched alkanes of at least 4 members (excludes halogenated alkanes) is 2. The van der Waals surface area contributed by atoms with E-state index in [9.17, 15) is 29.8 Å². The van der Waals surface area contributed by atoms with Crippen molar-refractivity contribution in [3.8, 4) is 11.5 Å². The standard InChI is InChI=1S/C45H61Cl2N7O10/c1-6-10-12-33(8-3)30-63-42-29-40(51-49-38-17-15-36(53(57)58)27-41(38)54(59)60)43(64-31-34(9-4)13-11-7-2)28-39(42)50-48-37-16-14-35(26-32(37)5)52(22-24-61-44(55)18-20-46)23-25-62-45(56)19-21-47/h14-17,26-29,33-34H,6-13,18-25,30-31H2,1-5H3/b50-48+,51-49+. The van der Waals surface area contributed by atoms with Gasteiger partial charge in [-0.1, -0.05) is 66.2 Å². The first kappa shape index (κ1) is 52.9. The third-order valence-electron chi connectivity index (χ3n) is 10.4. The fourth-order valence-electron chi connectivity index (χ4n) is 6.37. The van der Waals surface area contributed by atoms with Gasteiger partial charge in [-0.3, -0.25) is 29.8 Å². The molecule has 0 aliphatic rings. The predicted molar refractivity (Wildman–Crippen MR) is 248 cm³/mol. The summed E-state index contributed by atoms with van der Waals surface area (Å²) in [5.41, 5.74) is 1.46. The molecule has 0 bridgehead atoms. The third-order valence-corrected chi connectivity index (χ3v) is 10.7. The minimum absolute atomic E-state index is 0.0901. The van der Waals surface area contributed by atoms with E-state index in [1.807, 2.05) is 24.0 Å². The third kappa shape index (κ3) is 18.0. The fraction of sp³-hybridized carbons (Fsp3) is 0.556. The summed E-state index contributed by atoms with van der Waals surface area (Å²) in [7, 11) is 0. The lowest BCUT2D eigenvalue weighted by molar-refractivity contribution is -0.393. The van der Waals surface area contributed by atoms with E-state index in [0.29, 0.717) is 49.2 Å². The number of benzene rings is 3. The largest absolute Gasteiger partial charge is 0.491 e. The number of halogens is 2. The molecule has 0 radical (unpaired) electrons. The molecule has 19 heteroatoms. The van der Waals surface area contributed by atoms with E-state index in [4.69, 9.17) is 42.1 Å². The zero-order valence-electron chi connectivity index (χ0n) is 37.5. The smallest absolute Gasteiger partial charge is 0.307 e. The summed E-state index contributed by atoms with van der Waals surface area (Å²) in [6, 6.07) is 12.0. The number of alkyl halides is 2. The van der Waals surface area contributed by atoms with E-state index in [1.165, 1.54) is 6.07 Å². The van der Waals surface area contributed by atoms with Gasteiger partial charge in [0.2, 0.25) is 0 Å². The molecule has 0 aliphatic carbocycles. The van der Waals surface area contributed by atoms with Crippen LogP contribution < -0.4 is 14.4 Å². The highest BCUT2D eigenvalue weighted by atomic mass is 35.5. The van der Waals surface area contributed by atoms with Gasteiger partial charge in [0.25, 0.3) is 5.69 Å². The highest BCUT2D eigenvalue weighted by Gasteiger charge is 2.21. The van der Waals surface area contributed by atoms with Crippen LogP contribution in [0.4, 0.5) is 39.8 Å². The van der Waals surface area contributed by atoms with Gasteiger partial charge < -0.3 is 23.8 Å². The van der Waals surface area contributed by atoms with Gasteiger partial charge in [0.05, 0.1) is 60.7 Å². The van der Waals surface area contributed by atoms with Crippen molar-refractivity contribution in [1.82, 2.24) is 0 Å². The van der Waals surface area contributed by atoms with Crippen molar-refractivity contribution < 1.29 is 38.4 Å². The van der Waals surface area contributed by atoms with Gasteiger partial charge in [0.15, 0.2) is 5.69 Å². The lowest BCUT2D eigenvalue weighted by atomic mass is 10.0. The highest BCUT2D eigenvalue weighted by Crippen LogP contribution is 2.43. The van der Waals surface area contributed by atoms with E-state index in [1.54, 1.807) is 18.2 Å². The van der Waals surface area contributed by atoms with E-state index >= 15 is 0 Å². The molecule has 2 unspecified atom stereocenters. The summed E-state index contributed by atoms with van der Waals surface area (Å²) < 4.78 is 23.6. The average Bonchev–Trinajstić information content (AvgIpc) is 3.28. The quantitative estimate of drug-likeness (QED) is 0.0195. The number of rotatable bonds is 31. The second-order valence-electron chi connectivity index (χ2n) is 15.1.